The van der Waals surface area contributed by atoms with E-state index in [9.17, 15) is 14.4 Å². The summed E-state index contributed by atoms with van der Waals surface area (Å²) in [6.07, 6.45) is -0.483. The minimum Gasteiger partial charge on any atom is -0.460 e. The van der Waals surface area contributed by atoms with Crippen molar-refractivity contribution in [3.05, 3.63) is 59.7 Å². The highest BCUT2D eigenvalue weighted by molar-refractivity contribution is 8.13. The first-order chi connectivity index (χ1) is 15.7. The zero-order chi connectivity index (χ0) is 24.0. The van der Waals surface area contributed by atoms with E-state index in [4.69, 9.17) is 9.47 Å². The molecule has 2 aromatic carbocycles. The number of alkyl carbamates (subject to hydrolysis) is 1. The molecule has 0 spiro atoms. The van der Waals surface area contributed by atoms with E-state index in [1.54, 1.807) is 20.8 Å². The van der Waals surface area contributed by atoms with Crippen LogP contribution >= 0.6 is 11.8 Å². The average molecular weight is 470 g/mol. The van der Waals surface area contributed by atoms with Gasteiger partial charge in [-0.3, -0.25) is 9.59 Å². The van der Waals surface area contributed by atoms with Crippen LogP contribution < -0.4 is 5.32 Å². The molecule has 0 fully saturated rings. The fourth-order valence-electron chi connectivity index (χ4n) is 3.93. The molecule has 1 atom stereocenters. The van der Waals surface area contributed by atoms with Gasteiger partial charge in [0, 0.05) is 12.3 Å². The Hall–Kier alpha value is -2.80. The lowest BCUT2D eigenvalue weighted by molar-refractivity contribution is -0.155. The second-order valence-corrected chi connectivity index (χ2v) is 10.2. The first-order valence-corrected chi connectivity index (χ1v) is 12.2. The summed E-state index contributed by atoms with van der Waals surface area (Å²) < 4.78 is 10.9. The molecule has 0 saturated heterocycles. The quantitative estimate of drug-likeness (QED) is 0.529. The van der Waals surface area contributed by atoms with Crippen molar-refractivity contribution in [2.75, 3.05) is 12.4 Å². The number of nitrogens with one attached hydrogen (secondary N) is 1. The third kappa shape index (κ3) is 6.60. The van der Waals surface area contributed by atoms with E-state index in [2.05, 4.69) is 17.4 Å². The molecule has 0 radical (unpaired) electrons. The molecule has 0 unspecified atom stereocenters. The molecule has 6 nitrogen and oxygen atoms in total. The zero-order valence-corrected chi connectivity index (χ0v) is 20.4. The van der Waals surface area contributed by atoms with Gasteiger partial charge < -0.3 is 14.8 Å². The largest absolute Gasteiger partial charge is 0.460 e. The Kier molecular flexibility index (Phi) is 8.19. The van der Waals surface area contributed by atoms with Gasteiger partial charge in [-0.25, -0.2) is 4.79 Å². The van der Waals surface area contributed by atoms with Crippen molar-refractivity contribution in [2.45, 2.75) is 58.1 Å². The van der Waals surface area contributed by atoms with Crippen LogP contribution in [-0.4, -0.2) is 41.2 Å². The molecule has 2 aromatic rings. The fraction of sp³-hybridized carbons (Fsp3) is 0.423. The number of amides is 1. The average Bonchev–Trinajstić information content (AvgIpc) is 3.08. The Morgan fingerprint density at radius 1 is 1.00 bits per heavy atom. The second kappa shape index (κ2) is 10.9. The molecular formula is C26H31NO5S. The number of thioether (sulfide) groups is 1. The monoisotopic (exact) mass is 469 g/mol. The van der Waals surface area contributed by atoms with Crippen LogP contribution in [0.15, 0.2) is 48.5 Å². The fourth-order valence-corrected chi connectivity index (χ4v) is 4.59. The molecule has 33 heavy (non-hydrogen) atoms. The van der Waals surface area contributed by atoms with Crippen molar-refractivity contribution in [2.24, 2.45) is 0 Å². The maximum Gasteiger partial charge on any atom is 0.407 e. The SMILES string of the molecule is CCSC(=O)[C@H](CCC(=O)OC(C)(C)C)NC(=O)OCC1c2ccccc2-c2ccccc21. The highest BCUT2D eigenvalue weighted by Crippen LogP contribution is 2.44. The van der Waals surface area contributed by atoms with Crippen molar-refractivity contribution in [1.82, 2.24) is 5.32 Å². The number of ether oxygens (including phenoxy) is 2. The highest BCUT2D eigenvalue weighted by Gasteiger charge is 2.30. The molecule has 7 heteroatoms. The maximum absolute atomic E-state index is 12.6. The highest BCUT2D eigenvalue weighted by atomic mass is 32.2. The Balaban J connectivity index is 1.62. The van der Waals surface area contributed by atoms with E-state index in [1.165, 1.54) is 0 Å². The molecular weight excluding hydrogens is 438 g/mol. The zero-order valence-electron chi connectivity index (χ0n) is 19.6. The second-order valence-electron chi connectivity index (χ2n) is 8.90. The Morgan fingerprint density at radius 2 is 1.58 bits per heavy atom. The molecule has 176 valence electrons. The molecule has 3 rings (SSSR count). The number of fused-ring (bicyclic) bond motifs is 3. The van der Waals surface area contributed by atoms with Gasteiger partial charge in [0.25, 0.3) is 0 Å². The number of rotatable bonds is 8. The summed E-state index contributed by atoms with van der Waals surface area (Å²) in [6, 6.07) is 15.4. The first-order valence-electron chi connectivity index (χ1n) is 11.2. The van der Waals surface area contributed by atoms with Crippen molar-refractivity contribution in [3.8, 4) is 11.1 Å². The van der Waals surface area contributed by atoms with Crippen molar-refractivity contribution in [3.63, 3.8) is 0 Å². The molecule has 0 aliphatic heterocycles. The predicted octanol–water partition coefficient (Wildman–Crippen LogP) is 5.30. The van der Waals surface area contributed by atoms with Crippen LogP contribution in [0.25, 0.3) is 11.1 Å². The lowest BCUT2D eigenvalue weighted by Gasteiger charge is -2.21. The van der Waals surface area contributed by atoms with Gasteiger partial charge in [0.2, 0.25) is 5.12 Å². The molecule has 1 aliphatic rings. The Bertz CT molecular complexity index is 968. The van der Waals surface area contributed by atoms with Crippen LogP contribution in [0.2, 0.25) is 0 Å². The summed E-state index contributed by atoms with van der Waals surface area (Å²) >= 11 is 1.11. The predicted molar refractivity (Wildman–Crippen MR) is 130 cm³/mol. The van der Waals surface area contributed by atoms with Gasteiger partial charge in [-0.05, 0) is 55.2 Å². The lowest BCUT2D eigenvalue weighted by atomic mass is 9.98. The van der Waals surface area contributed by atoms with E-state index in [0.29, 0.717) is 5.75 Å². The lowest BCUT2D eigenvalue weighted by Crippen LogP contribution is -2.41. The molecule has 0 heterocycles. The number of benzene rings is 2. The number of carbonyl (C=O) groups is 3. The number of esters is 1. The van der Waals surface area contributed by atoms with Crippen LogP contribution in [0, 0.1) is 0 Å². The van der Waals surface area contributed by atoms with Gasteiger partial charge in [0.05, 0.1) is 0 Å². The third-order valence-electron chi connectivity index (χ3n) is 5.26. The Morgan fingerprint density at radius 3 is 2.12 bits per heavy atom. The Labute approximate surface area is 199 Å². The van der Waals surface area contributed by atoms with Gasteiger partial charge >= 0.3 is 12.1 Å². The maximum atomic E-state index is 12.6. The summed E-state index contributed by atoms with van der Waals surface area (Å²) in [5, 5.41) is 2.45. The first kappa shape index (κ1) is 24.8. The van der Waals surface area contributed by atoms with Gasteiger partial charge in [-0.2, -0.15) is 0 Å². The number of hydrogen-bond donors (Lipinski definition) is 1. The van der Waals surface area contributed by atoms with Crippen molar-refractivity contribution < 1.29 is 23.9 Å². The van der Waals surface area contributed by atoms with E-state index in [1.807, 2.05) is 43.3 Å². The van der Waals surface area contributed by atoms with E-state index in [0.717, 1.165) is 34.0 Å². The number of hydrogen-bond acceptors (Lipinski definition) is 6. The van der Waals surface area contributed by atoms with Crippen LogP contribution in [-0.2, 0) is 19.1 Å². The normalized spacial score (nSPS) is 13.6. The molecule has 0 aromatic heterocycles. The van der Waals surface area contributed by atoms with Crippen molar-refractivity contribution in [1.29, 1.82) is 0 Å². The smallest absolute Gasteiger partial charge is 0.407 e. The summed E-state index contributed by atoms with van der Waals surface area (Å²) in [7, 11) is 0. The van der Waals surface area contributed by atoms with Gasteiger partial charge in [0.15, 0.2) is 0 Å². The van der Waals surface area contributed by atoms with E-state index >= 15 is 0 Å². The summed E-state index contributed by atoms with van der Waals surface area (Å²) in [6.45, 7) is 7.38. The van der Waals surface area contributed by atoms with E-state index in [-0.39, 0.29) is 30.5 Å². The van der Waals surface area contributed by atoms with Gasteiger partial charge in [-0.1, -0.05) is 67.2 Å². The van der Waals surface area contributed by atoms with E-state index < -0.39 is 23.7 Å². The third-order valence-corrected chi connectivity index (χ3v) is 6.12. The van der Waals surface area contributed by atoms with Crippen LogP contribution in [0.4, 0.5) is 4.79 Å². The van der Waals surface area contributed by atoms with Gasteiger partial charge in [0.1, 0.15) is 18.2 Å². The van der Waals surface area contributed by atoms with Crippen molar-refractivity contribution >= 4 is 28.9 Å². The van der Waals surface area contributed by atoms with Gasteiger partial charge in [-0.15, -0.1) is 0 Å². The minimum atomic E-state index is -0.821. The molecule has 0 saturated carbocycles. The van der Waals surface area contributed by atoms with Crippen LogP contribution in [0.3, 0.4) is 0 Å². The summed E-state index contributed by atoms with van der Waals surface area (Å²) in [5.74, 6) is 0.105. The molecule has 0 bridgehead atoms. The topological polar surface area (TPSA) is 81.7 Å². The molecule has 1 N–H and O–H groups in total. The molecule has 1 amide bonds. The van der Waals surface area contributed by atoms with Crippen LogP contribution in [0.5, 0.6) is 0 Å². The summed E-state index contributed by atoms with van der Waals surface area (Å²) in [5.41, 5.74) is 3.92. The minimum absolute atomic E-state index is 0.0294. The van der Waals surface area contributed by atoms with Crippen LogP contribution in [0.1, 0.15) is 57.6 Å². The summed E-state index contributed by atoms with van der Waals surface area (Å²) in [4.78, 5) is 37.2. The number of carbonyl (C=O) groups excluding carboxylic acids is 3. The standard InChI is InChI=1S/C26H31NO5S/c1-5-33-24(29)22(14-15-23(28)32-26(2,3)4)27-25(30)31-16-21-19-12-8-6-10-17(19)18-11-7-9-13-20(18)21/h6-13,21-22H,5,14-16H2,1-4H3,(H,27,30)/t22-/m0/s1. The molecule has 1 aliphatic carbocycles.